The molecule has 3 heterocycles. The lowest BCUT2D eigenvalue weighted by atomic mass is 10.1. The van der Waals surface area contributed by atoms with Crippen LogP contribution in [-0.4, -0.2) is 51.9 Å². The molecule has 1 saturated heterocycles. The van der Waals surface area contributed by atoms with Crippen LogP contribution in [-0.2, 0) is 19.3 Å². The van der Waals surface area contributed by atoms with Gasteiger partial charge in [0.25, 0.3) is 11.6 Å². The summed E-state index contributed by atoms with van der Waals surface area (Å²) in [7, 11) is 0. The molecule has 0 radical (unpaired) electrons. The van der Waals surface area contributed by atoms with Crippen LogP contribution in [0.4, 0.5) is 11.5 Å². The van der Waals surface area contributed by atoms with Crippen LogP contribution in [0.15, 0.2) is 24.3 Å². The molecule has 1 aliphatic heterocycles. The number of aromatic nitrogens is 2. The Kier molecular flexibility index (Phi) is 6.45. The average Bonchev–Trinajstić information content (AvgIpc) is 3.04. The summed E-state index contributed by atoms with van der Waals surface area (Å²) in [6.07, 6.45) is 7.79. The van der Waals surface area contributed by atoms with E-state index in [0.717, 1.165) is 42.2 Å². The first kappa shape index (κ1) is 22.7. The number of nitrogens with zero attached hydrogens (tertiary/aromatic N) is 5. The molecule has 3 aromatic rings. The highest BCUT2D eigenvalue weighted by Gasteiger charge is 2.28. The first-order valence-electron chi connectivity index (χ1n) is 12.1. The minimum absolute atomic E-state index is 0.0607. The van der Waals surface area contributed by atoms with Crippen molar-refractivity contribution in [1.82, 2.24) is 14.9 Å². The van der Waals surface area contributed by atoms with Crippen molar-refractivity contribution in [1.29, 1.82) is 0 Å². The van der Waals surface area contributed by atoms with Crippen molar-refractivity contribution in [3.63, 3.8) is 0 Å². The molecular formula is C25H29N5O3S. The number of benzene rings is 1. The Hall–Kier alpha value is -3.07. The van der Waals surface area contributed by atoms with Crippen molar-refractivity contribution < 1.29 is 9.72 Å². The predicted octanol–water partition coefficient (Wildman–Crippen LogP) is 4.78. The minimum atomic E-state index is -0.466. The van der Waals surface area contributed by atoms with E-state index in [1.165, 1.54) is 47.2 Å². The molecule has 2 aliphatic rings. The van der Waals surface area contributed by atoms with Crippen LogP contribution in [0.5, 0.6) is 0 Å². The molecule has 0 spiro atoms. The van der Waals surface area contributed by atoms with Crippen LogP contribution in [0.1, 0.15) is 59.2 Å². The highest BCUT2D eigenvalue weighted by molar-refractivity contribution is 7.19. The van der Waals surface area contributed by atoms with E-state index in [9.17, 15) is 14.9 Å². The molecule has 34 heavy (non-hydrogen) atoms. The number of aryl methyl sites for hydroxylation is 3. The van der Waals surface area contributed by atoms with Crippen LogP contribution in [0.3, 0.4) is 0 Å². The second-order valence-electron chi connectivity index (χ2n) is 9.04. The van der Waals surface area contributed by atoms with E-state index in [0.29, 0.717) is 31.7 Å². The summed E-state index contributed by atoms with van der Waals surface area (Å²) >= 11 is 1.84. The minimum Gasteiger partial charge on any atom is -0.352 e. The van der Waals surface area contributed by atoms with Crippen LogP contribution in [0.25, 0.3) is 10.2 Å². The van der Waals surface area contributed by atoms with Crippen molar-refractivity contribution in [2.75, 3.05) is 31.1 Å². The van der Waals surface area contributed by atoms with Crippen LogP contribution < -0.4 is 4.90 Å². The Morgan fingerprint density at radius 1 is 1.12 bits per heavy atom. The molecule has 1 aliphatic carbocycles. The number of amides is 1. The van der Waals surface area contributed by atoms with Gasteiger partial charge >= 0.3 is 0 Å². The molecule has 5 rings (SSSR count). The van der Waals surface area contributed by atoms with Gasteiger partial charge in [0.1, 0.15) is 16.5 Å². The van der Waals surface area contributed by atoms with Gasteiger partial charge in [0.2, 0.25) is 0 Å². The van der Waals surface area contributed by atoms with Gasteiger partial charge in [-0.1, -0.05) is 19.4 Å². The number of piperazine rings is 1. The summed E-state index contributed by atoms with van der Waals surface area (Å²) in [4.78, 5) is 40.3. The normalized spacial score (nSPS) is 16.4. The Morgan fingerprint density at radius 2 is 1.91 bits per heavy atom. The van der Waals surface area contributed by atoms with Crippen molar-refractivity contribution in [3.8, 4) is 0 Å². The van der Waals surface area contributed by atoms with E-state index in [2.05, 4.69) is 11.8 Å². The van der Waals surface area contributed by atoms with Gasteiger partial charge in [-0.2, -0.15) is 0 Å². The summed E-state index contributed by atoms with van der Waals surface area (Å²) in [6.45, 7) is 4.63. The lowest BCUT2D eigenvalue weighted by Crippen LogP contribution is -2.49. The number of non-ortho nitro benzene ring substituents is 1. The number of carbonyl (C=O) groups excluding carboxylic acids is 1. The number of rotatable bonds is 5. The fourth-order valence-corrected chi connectivity index (χ4v) is 6.25. The number of hydrogen-bond acceptors (Lipinski definition) is 7. The van der Waals surface area contributed by atoms with Gasteiger partial charge in [-0.3, -0.25) is 14.9 Å². The fourth-order valence-electron chi connectivity index (χ4n) is 4.98. The average molecular weight is 480 g/mol. The molecule has 0 bridgehead atoms. The summed E-state index contributed by atoms with van der Waals surface area (Å²) in [5, 5.41) is 12.3. The Morgan fingerprint density at radius 3 is 2.68 bits per heavy atom. The molecule has 1 fully saturated rings. The number of carbonyl (C=O) groups is 1. The van der Waals surface area contributed by atoms with E-state index in [1.807, 2.05) is 11.3 Å². The monoisotopic (exact) mass is 479 g/mol. The summed E-state index contributed by atoms with van der Waals surface area (Å²) in [5.74, 6) is 1.76. The van der Waals surface area contributed by atoms with Gasteiger partial charge in [-0.15, -0.1) is 11.3 Å². The second kappa shape index (κ2) is 9.66. The van der Waals surface area contributed by atoms with Crippen molar-refractivity contribution in [2.45, 2.75) is 51.9 Å². The van der Waals surface area contributed by atoms with Crippen LogP contribution >= 0.6 is 11.3 Å². The van der Waals surface area contributed by atoms with Gasteiger partial charge in [0.05, 0.1) is 10.3 Å². The number of hydrogen-bond donors (Lipinski definition) is 0. The standard InChI is InChI=1S/C25H29N5O3S/c1-2-7-21-26-23(22-19-10-4-3-5-11-20(19)34-24(22)27-21)28-12-14-29(15-13-28)25(31)17-8-6-9-18(16-17)30(32)33/h6,8-9,16H,2-5,7,10-15H2,1H3. The number of anilines is 1. The molecule has 0 N–H and O–H groups in total. The smallest absolute Gasteiger partial charge is 0.270 e. The molecule has 1 aromatic carbocycles. The SMILES string of the molecule is CCCc1nc(N2CCN(C(=O)c3cccc([N+](=O)[O-])c3)CC2)c2c3c(sc2n1)CCCCC3. The first-order chi connectivity index (χ1) is 16.5. The van der Waals surface area contributed by atoms with Crippen molar-refractivity contribution in [2.24, 2.45) is 0 Å². The molecule has 2 aromatic heterocycles. The maximum absolute atomic E-state index is 13.0. The van der Waals surface area contributed by atoms with Gasteiger partial charge in [-0.25, -0.2) is 9.97 Å². The molecule has 0 atom stereocenters. The Bertz CT molecular complexity index is 1230. The predicted molar refractivity (Wildman–Crippen MR) is 134 cm³/mol. The quantitative estimate of drug-likeness (QED) is 0.297. The summed E-state index contributed by atoms with van der Waals surface area (Å²) < 4.78 is 0. The van der Waals surface area contributed by atoms with E-state index >= 15 is 0 Å². The lowest BCUT2D eigenvalue weighted by molar-refractivity contribution is -0.384. The largest absolute Gasteiger partial charge is 0.352 e. The van der Waals surface area contributed by atoms with Gasteiger partial charge < -0.3 is 9.80 Å². The number of nitro groups is 1. The van der Waals surface area contributed by atoms with Crippen molar-refractivity contribution in [3.05, 3.63) is 56.2 Å². The molecule has 178 valence electrons. The third-order valence-corrected chi connectivity index (χ3v) is 7.92. The van der Waals surface area contributed by atoms with E-state index in [4.69, 9.17) is 9.97 Å². The molecule has 0 saturated carbocycles. The van der Waals surface area contributed by atoms with E-state index < -0.39 is 4.92 Å². The third kappa shape index (κ3) is 4.36. The molecule has 0 unspecified atom stereocenters. The number of nitro benzene ring substituents is 1. The maximum Gasteiger partial charge on any atom is 0.270 e. The first-order valence-corrected chi connectivity index (χ1v) is 13.0. The molecular weight excluding hydrogens is 450 g/mol. The van der Waals surface area contributed by atoms with E-state index in [1.54, 1.807) is 17.0 Å². The fraction of sp³-hybridized carbons (Fsp3) is 0.480. The zero-order valence-corrected chi connectivity index (χ0v) is 20.3. The van der Waals surface area contributed by atoms with Gasteiger partial charge in [-0.05, 0) is 43.7 Å². The van der Waals surface area contributed by atoms with Crippen LogP contribution in [0, 0.1) is 10.1 Å². The number of thiophene rings is 1. The molecule has 1 amide bonds. The Labute approximate surface area is 202 Å². The molecule has 8 nitrogen and oxygen atoms in total. The summed E-state index contributed by atoms with van der Waals surface area (Å²) in [5.41, 5.74) is 1.74. The Balaban J connectivity index is 1.41. The summed E-state index contributed by atoms with van der Waals surface area (Å²) in [6, 6.07) is 5.98. The second-order valence-corrected chi connectivity index (χ2v) is 10.1. The topological polar surface area (TPSA) is 92.5 Å². The molecule has 9 heteroatoms. The highest BCUT2D eigenvalue weighted by Crippen LogP contribution is 2.39. The zero-order valence-electron chi connectivity index (χ0n) is 19.5. The maximum atomic E-state index is 13.0. The number of fused-ring (bicyclic) bond motifs is 3. The highest BCUT2D eigenvalue weighted by atomic mass is 32.1. The van der Waals surface area contributed by atoms with E-state index in [-0.39, 0.29) is 11.6 Å². The lowest BCUT2D eigenvalue weighted by Gasteiger charge is -2.36. The van der Waals surface area contributed by atoms with Gasteiger partial charge in [0, 0.05) is 55.2 Å². The zero-order chi connectivity index (χ0) is 23.7. The van der Waals surface area contributed by atoms with Crippen molar-refractivity contribution >= 4 is 39.0 Å². The van der Waals surface area contributed by atoms with Crippen LogP contribution in [0.2, 0.25) is 0 Å². The third-order valence-electron chi connectivity index (χ3n) is 6.74. The van der Waals surface area contributed by atoms with Gasteiger partial charge in [0.15, 0.2) is 0 Å².